The molecule has 36 heavy (non-hydrogen) atoms. The van der Waals surface area contributed by atoms with Gasteiger partial charge in [-0.2, -0.15) is 4.98 Å². The summed E-state index contributed by atoms with van der Waals surface area (Å²) in [6.07, 6.45) is 0.234. The molecule has 0 radical (unpaired) electrons. The van der Waals surface area contributed by atoms with Gasteiger partial charge in [-0.3, -0.25) is 4.79 Å². The van der Waals surface area contributed by atoms with E-state index in [0.717, 1.165) is 28.4 Å². The molecule has 0 spiro atoms. The molecule has 5 rings (SSSR count). The number of amides is 1. The fraction of sp³-hybridized carbons (Fsp3) is 0.148. The van der Waals surface area contributed by atoms with Crippen molar-refractivity contribution in [2.75, 3.05) is 29.9 Å². The van der Waals surface area contributed by atoms with Crippen molar-refractivity contribution in [1.82, 2.24) is 9.97 Å². The van der Waals surface area contributed by atoms with Crippen LogP contribution in [0.25, 0.3) is 0 Å². The third-order valence-corrected chi connectivity index (χ3v) is 5.44. The molecule has 1 aromatic heterocycles. The van der Waals surface area contributed by atoms with Crippen LogP contribution in [0.2, 0.25) is 0 Å². The van der Waals surface area contributed by atoms with Gasteiger partial charge in [-0.15, -0.1) is 0 Å². The Morgan fingerprint density at radius 3 is 2.33 bits per heavy atom. The average molecular weight is 484 g/mol. The lowest BCUT2D eigenvalue weighted by Crippen LogP contribution is -2.14. The van der Waals surface area contributed by atoms with E-state index in [1.54, 1.807) is 7.11 Å². The van der Waals surface area contributed by atoms with E-state index in [2.05, 4.69) is 25.9 Å². The molecule has 9 heteroatoms. The van der Waals surface area contributed by atoms with Crippen molar-refractivity contribution in [2.24, 2.45) is 0 Å². The van der Waals surface area contributed by atoms with E-state index in [0.29, 0.717) is 29.0 Å². The predicted molar refractivity (Wildman–Crippen MR) is 138 cm³/mol. The first-order chi connectivity index (χ1) is 17.5. The fourth-order valence-corrected chi connectivity index (χ4v) is 3.72. The smallest absolute Gasteiger partial charge is 0.231 e. The number of aromatic nitrogens is 2. The van der Waals surface area contributed by atoms with Gasteiger partial charge in [0.25, 0.3) is 0 Å². The van der Waals surface area contributed by atoms with Crippen LogP contribution in [0.5, 0.6) is 17.2 Å². The summed E-state index contributed by atoms with van der Waals surface area (Å²) < 4.78 is 15.9. The summed E-state index contributed by atoms with van der Waals surface area (Å²) in [5, 5.41) is 9.40. The minimum Gasteiger partial charge on any atom is -0.497 e. The Balaban J connectivity index is 1.19. The van der Waals surface area contributed by atoms with Crippen LogP contribution in [0.1, 0.15) is 11.3 Å². The first-order valence-corrected chi connectivity index (χ1v) is 11.4. The summed E-state index contributed by atoms with van der Waals surface area (Å²) in [5.74, 6) is 3.16. The molecule has 0 unspecified atom stereocenters. The molecule has 0 saturated heterocycles. The molecule has 9 nitrogen and oxygen atoms in total. The highest BCUT2D eigenvalue weighted by atomic mass is 16.7. The maximum Gasteiger partial charge on any atom is 0.231 e. The van der Waals surface area contributed by atoms with Gasteiger partial charge in [-0.25, -0.2) is 4.98 Å². The minimum absolute atomic E-state index is 0.120. The summed E-state index contributed by atoms with van der Waals surface area (Å²) in [5.41, 5.74) is 4.05. The lowest BCUT2D eigenvalue weighted by atomic mass is 10.1. The number of hydrogen-bond donors (Lipinski definition) is 3. The normalized spacial score (nSPS) is 11.6. The van der Waals surface area contributed by atoms with Gasteiger partial charge >= 0.3 is 0 Å². The van der Waals surface area contributed by atoms with Crippen LogP contribution in [0.15, 0.2) is 72.8 Å². The Morgan fingerprint density at radius 1 is 0.861 bits per heavy atom. The van der Waals surface area contributed by atoms with Crippen molar-refractivity contribution in [3.8, 4) is 17.2 Å². The summed E-state index contributed by atoms with van der Waals surface area (Å²) in [4.78, 5) is 21.5. The Hall–Kier alpha value is -4.79. The van der Waals surface area contributed by atoms with Gasteiger partial charge in [0, 0.05) is 28.8 Å². The molecule has 1 amide bonds. The third-order valence-electron chi connectivity index (χ3n) is 5.44. The second kappa shape index (κ2) is 10.2. The van der Waals surface area contributed by atoms with E-state index < -0.39 is 0 Å². The van der Waals surface area contributed by atoms with Crippen molar-refractivity contribution in [3.63, 3.8) is 0 Å². The predicted octanol–water partition coefficient (Wildman–Crippen LogP) is 5.19. The lowest BCUT2D eigenvalue weighted by Gasteiger charge is -2.11. The molecule has 4 aromatic rings. The van der Waals surface area contributed by atoms with Gasteiger partial charge in [0.2, 0.25) is 18.6 Å². The van der Waals surface area contributed by atoms with Crippen LogP contribution in [0.3, 0.4) is 0 Å². The highest BCUT2D eigenvalue weighted by Crippen LogP contribution is 2.32. The van der Waals surface area contributed by atoms with E-state index in [-0.39, 0.29) is 19.1 Å². The van der Waals surface area contributed by atoms with Crippen LogP contribution in [0, 0.1) is 6.92 Å². The number of carbonyl (C=O) groups excluding carboxylic acids is 1. The number of nitrogens with zero attached hydrogens (tertiary/aromatic N) is 2. The summed E-state index contributed by atoms with van der Waals surface area (Å²) >= 11 is 0. The van der Waals surface area contributed by atoms with Gasteiger partial charge in [0.15, 0.2) is 11.5 Å². The van der Waals surface area contributed by atoms with Crippen LogP contribution < -0.4 is 30.2 Å². The molecule has 182 valence electrons. The number of ether oxygens (including phenoxy) is 3. The average Bonchev–Trinajstić information content (AvgIpc) is 3.33. The first-order valence-electron chi connectivity index (χ1n) is 11.4. The number of fused-ring (bicyclic) bond motifs is 1. The number of hydrogen-bond acceptors (Lipinski definition) is 8. The maximum atomic E-state index is 12.5. The zero-order chi connectivity index (χ0) is 24.9. The minimum atomic E-state index is -0.120. The third kappa shape index (κ3) is 5.64. The van der Waals surface area contributed by atoms with Crippen LogP contribution in [-0.2, 0) is 11.2 Å². The second-order valence-electron chi connectivity index (χ2n) is 8.19. The molecule has 1 aliphatic heterocycles. The molecule has 0 aliphatic carbocycles. The topological polar surface area (TPSA) is 107 Å². The first kappa shape index (κ1) is 23.0. The summed E-state index contributed by atoms with van der Waals surface area (Å²) in [6, 6.07) is 22.3. The second-order valence-corrected chi connectivity index (χ2v) is 8.19. The molecular formula is C27H25N5O4. The van der Waals surface area contributed by atoms with Crippen molar-refractivity contribution in [1.29, 1.82) is 0 Å². The zero-order valence-corrected chi connectivity index (χ0v) is 19.9. The Labute approximate surface area is 208 Å². The Bertz CT molecular complexity index is 1370. The fourth-order valence-electron chi connectivity index (χ4n) is 3.72. The van der Waals surface area contributed by atoms with Crippen LogP contribution in [0.4, 0.5) is 28.8 Å². The number of anilines is 5. The monoisotopic (exact) mass is 483 g/mol. The molecule has 0 bridgehead atoms. The molecule has 1 aliphatic rings. The largest absolute Gasteiger partial charge is 0.497 e. The molecule has 0 atom stereocenters. The van der Waals surface area contributed by atoms with Crippen molar-refractivity contribution < 1.29 is 19.0 Å². The van der Waals surface area contributed by atoms with E-state index >= 15 is 0 Å². The number of methoxy groups -OCH3 is 1. The van der Waals surface area contributed by atoms with E-state index in [9.17, 15) is 4.79 Å². The van der Waals surface area contributed by atoms with Gasteiger partial charge in [0.1, 0.15) is 11.6 Å². The van der Waals surface area contributed by atoms with Gasteiger partial charge in [-0.1, -0.05) is 6.07 Å². The van der Waals surface area contributed by atoms with Gasteiger partial charge in [0.05, 0.1) is 13.5 Å². The highest BCUT2D eigenvalue weighted by Gasteiger charge is 2.14. The maximum absolute atomic E-state index is 12.5. The standard InChI is InChI=1S/C27H25N5O4/c1-17-13-25(29-19-8-10-22(34-2)11-9-19)32-27(28-17)31-21-6-4-20(5-7-21)30-26(33)15-18-3-12-23-24(14-18)36-16-35-23/h3-14H,15-16H2,1-2H3,(H,30,33)(H2,28,29,31,32). The molecule has 2 heterocycles. The van der Waals surface area contributed by atoms with Crippen LogP contribution in [-0.4, -0.2) is 29.8 Å². The van der Waals surface area contributed by atoms with E-state index in [1.807, 2.05) is 79.7 Å². The van der Waals surface area contributed by atoms with Gasteiger partial charge < -0.3 is 30.2 Å². The Kier molecular flexibility index (Phi) is 6.53. The Morgan fingerprint density at radius 2 is 1.56 bits per heavy atom. The van der Waals surface area contributed by atoms with Crippen molar-refractivity contribution in [2.45, 2.75) is 13.3 Å². The number of carbonyl (C=O) groups is 1. The quantitative estimate of drug-likeness (QED) is 0.314. The molecule has 0 fully saturated rings. The number of nitrogens with one attached hydrogen (secondary N) is 3. The number of rotatable bonds is 8. The SMILES string of the molecule is COc1ccc(Nc2cc(C)nc(Nc3ccc(NC(=O)Cc4ccc5c(c4)OCO5)cc3)n2)cc1. The molecule has 0 saturated carbocycles. The zero-order valence-electron chi connectivity index (χ0n) is 19.9. The van der Waals surface area contributed by atoms with E-state index in [4.69, 9.17) is 14.2 Å². The van der Waals surface area contributed by atoms with Crippen molar-refractivity contribution >= 4 is 34.7 Å². The highest BCUT2D eigenvalue weighted by molar-refractivity contribution is 5.92. The lowest BCUT2D eigenvalue weighted by molar-refractivity contribution is -0.115. The van der Waals surface area contributed by atoms with Crippen molar-refractivity contribution in [3.05, 3.63) is 84.1 Å². The summed E-state index contributed by atoms with van der Waals surface area (Å²) in [6.45, 7) is 2.12. The van der Waals surface area contributed by atoms with Gasteiger partial charge in [-0.05, 0) is 73.2 Å². The van der Waals surface area contributed by atoms with Crippen LogP contribution >= 0.6 is 0 Å². The van der Waals surface area contributed by atoms with E-state index in [1.165, 1.54) is 0 Å². The number of aryl methyl sites for hydroxylation is 1. The molecular weight excluding hydrogens is 458 g/mol. The molecule has 3 N–H and O–H groups in total. The number of benzene rings is 3. The molecule has 3 aromatic carbocycles. The summed E-state index contributed by atoms with van der Waals surface area (Å²) in [7, 11) is 1.63.